The molecule has 0 aliphatic rings. The third-order valence-electron chi connectivity index (χ3n) is 6.17. The number of H-pyrrole nitrogens is 1. The molecule has 36 heavy (non-hydrogen) atoms. The number of hydrogen-bond donors (Lipinski definition) is 2. The Morgan fingerprint density at radius 1 is 0.972 bits per heavy atom. The lowest BCUT2D eigenvalue weighted by atomic mass is 9.92. The summed E-state index contributed by atoms with van der Waals surface area (Å²) in [7, 11) is 2.09. The van der Waals surface area contributed by atoms with Crippen LogP contribution in [0.3, 0.4) is 0 Å². The van der Waals surface area contributed by atoms with Crippen LogP contribution in [0.25, 0.3) is 44.2 Å². The van der Waals surface area contributed by atoms with Gasteiger partial charge in [0.15, 0.2) is 0 Å². The molecule has 0 saturated heterocycles. The van der Waals surface area contributed by atoms with Crippen molar-refractivity contribution in [1.29, 1.82) is 0 Å². The van der Waals surface area contributed by atoms with Crippen LogP contribution in [0.4, 0.5) is 11.4 Å². The number of hydrogen-bond acceptors (Lipinski definition) is 5. The zero-order chi connectivity index (χ0) is 24.5. The molecule has 0 unspecified atom stereocenters. The van der Waals surface area contributed by atoms with E-state index in [0.29, 0.717) is 6.41 Å². The van der Waals surface area contributed by atoms with Crippen molar-refractivity contribution in [3.63, 3.8) is 0 Å². The van der Waals surface area contributed by atoms with Gasteiger partial charge < -0.3 is 14.6 Å². The number of rotatable bonds is 7. The molecule has 5 nitrogen and oxygen atoms in total. The van der Waals surface area contributed by atoms with Crippen molar-refractivity contribution in [2.75, 3.05) is 16.7 Å². The first kappa shape index (κ1) is 22.4. The molecular formula is C29H22N4OS2. The van der Waals surface area contributed by atoms with Gasteiger partial charge in [0.1, 0.15) is 5.65 Å². The van der Waals surface area contributed by atoms with Gasteiger partial charge in [-0.05, 0) is 64.9 Å². The van der Waals surface area contributed by atoms with Crippen LogP contribution < -0.4 is 9.62 Å². The Balaban J connectivity index is 1.56. The molecule has 0 bridgehead atoms. The Bertz CT molecular complexity index is 1660. The maximum Gasteiger partial charge on any atom is 0.211 e. The van der Waals surface area contributed by atoms with E-state index in [1.165, 1.54) is 4.21 Å². The zero-order valence-electron chi connectivity index (χ0n) is 19.4. The van der Waals surface area contributed by atoms with Crippen molar-refractivity contribution in [2.24, 2.45) is 0 Å². The monoisotopic (exact) mass is 506 g/mol. The smallest absolute Gasteiger partial charge is 0.211 e. The zero-order valence-corrected chi connectivity index (χ0v) is 21.1. The summed E-state index contributed by atoms with van der Waals surface area (Å²) in [5, 5.41) is 7.03. The Morgan fingerprint density at radius 3 is 2.56 bits per heavy atom. The number of amides is 1. The number of aromatic amines is 1. The number of thiophene rings is 1. The number of fused-ring (bicyclic) bond motifs is 3. The Morgan fingerprint density at radius 2 is 1.81 bits per heavy atom. The molecule has 0 saturated carbocycles. The van der Waals surface area contributed by atoms with Crippen molar-refractivity contribution < 1.29 is 4.79 Å². The number of anilines is 2. The molecule has 3 aromatic carbocycles. The second kappa shape index (κ2) is 9.53. The predicted octanol–water partition coefficient (Wildman–Crippen LogP) is 7.82. The van der Waals surface area contributed by atoms with Crippen LogP contribution in [-0.2, 0) is 4.79 Å². The summed E-state index contributed by atoms with van der Waals surface area (Å²) >= 11 is 3.46. The van der Waals surface area contributed by atoms with Crippen molar-refractivity contribution >= 4 is 63.0 Å². The summed E-state index contributed by atoms with van der Waals surface area (Å²) in [5.74, 6) is 0. The third kappa shape index (κ3) is 4.12. The van der Waals surface area contributed by atoms with Crippen LogP contribution in [-0.4, -0.2) is 23.4 Å². The lowest BCUT2D eigenvalue weighted by molar-refractivity contribution is -0.105. The third-order valence-corrected chi connectivity index (χ3v) is 8.15. The van der Waals surface area contributed by atoms with E-state index in [-0.39, 0.29) is 0 Å². The molecule has 2 N–H and O–H groups in total. The molecule has 0 aliphatic heterocycles. The highest BCUT2D eigenvalue weighted by molar-refractivity contribution is 8.02. The van der Waals surface area contributed by atoms with E-state index in [0.717, 1.165) is 55.6 Å². The first-order valence-corrected chi connectivity index (χ1v) is 13.1. The second-order valence-corrected chi connectivity index (χ2v) is 10.7. The van der Waals surface area contributed by atoms with Crippen molar-refractivity contribution in [1.82, 2.24) is 9.97 Å². The highest BCUT2D eigenvalue weighted by atomic mass is 32.2. The van der Waals surface area contributed by atoms with Crippen molar-refractivity contribution in [3.05, 3.63) is 96.5 Å². The lowest BCUT2D eigenvalue weighted by Crippen LogP contribution is -2.04. The van der Waals surface area contributed by atoms with E-state index < -0.39 is 0 Å². The lowest BCUT2D eigenvalue weighted by Gasteiger charge is -2.17. The number of aromatic nitrogens is 2. The van der Waals surface area contributed by atoms with Gasteiger partial charge in [-0.1, -0.05) is 48.5 Å². The largest absolute Gasteiger partial charge is 0.339 e. The van der Waals surface area contributed by atoms with Gasteiger partial charge in [0, 0.05) is 52.0 Å². The molecular weight excluding hydrogens is 484 g/mol. The minimum atomic E-state index is 0.690. The normalized spacial score (nSPS) is 11.1. The van der Waals surface area contributed by atoms with E-state index in [4.69, 9.17) is 4.98 Å². The fourth-order valence-corrected chi connectivity index (χ4v) is 6.23. The van der Waals surface area contributed by atoms with Gasteiger partial charge in [-0.2, -0.15) is 0 Å². The van der Waals surface area contributed by atoms with Crippen LogP contribution >= 0.6 is 23.3 Å². The van der Waals surface area contributed by atoms with E-state index >= 15 is 0 Å². The van der Waals surface area contributed by atoms with E-state index in [9.17, 15) is 4.79 Å². The van der Waals surface area contributed by atoms with Gasteiger partial charge in [-0.3, -0.25) is 4.79 Å². The molecule has 3 heterocycles. The number of nitrogens with one attached hydrogen (secondary N) is 2. The topological polar surface area (TPSA) is 61.0 Å². The number of carbonyl (C=O) groups is 1. The molecule has 0 spiro atoms. The number of benzene rings is 3. The molecule has 0 radical (unpaired) electrons. The highest BCUT2D eigenvalue weighted by Crippen LogP contribution is 2.42. The molecule has 0 atom stereocenters. The Kier molecular flexibility index (Phi) is 5.93. The SMILES string of the molecule is CN(Sc1cccs1)c1ccc2[nH]c3ncc(-c4ccc(NC=O)cc4)c(-c4ccccc4)c3c2c1. The molecule has 0 fully saturated rings. The summed E-state index contributed by atoms with van der Waals surface area (Å²) in [6.45, 7) is 0. The summed E-state index contributed by atoms with van der Waals surface area (Å²) in [5.41, 5.74) is 8.13. The minimum absolute atomic E-state index is 0.690. The molecule has 0 aliphatic carbocycles. The maximum absolute atomic E-state index is 10.8. The van der Waals surface area contributed by atoms with E-state index in [1.807, 2.05) is 36.5 Å². The van der Waals surface area contributed by atoms with E-state index in [1.54, 1.807) is 23.3 Å². The maximum atomic E-state index is 10.8. The summed E-state index contributed by atoms with van der Waals surface area (Å²) in [6, 6.07) is 29.0. The van der Waals surface area contributed by atoms with Gasteiger partial charge in [0.05, 0.1) is 4.21 Å². The molecule has 1 amide bonds. The average Bonchev–Trinajstić information content (AvgIpc) is 3.56. The van der Waals surface area contributed by atoms with Gasteiger partial charge in [-0.15, -0.1) is 11.3 Å². The van der Waals surface area contributed by atoms with E-state index in [2.05, 4.69) is 81.6 Å². The number of nitrogens with zero attached hydrogens (tertiary/aromatic N) is 2. The fourth-order valence-electron chi connectivity index (χ4n) is 4.48. The minimum Gasteiger partial charge on any atom is -0.339 e. The molecule has 6 aromatic rings. The predicted molar refractivity (Wildman–Crippen MR) is 153 cm³/mol. The fraction of sp³-hybridized carbons (Fsp3) is 0.0345. The first-order chi connectivity index (χ1) is 17.7. The average molecular weight is 507 g/mol. The summed E-state index contributed by atoms with van der Waals surface area (Å²) in [4.78, 5) is 19.2. The summed E-state index contributed by atoms with van der Waals surface area (Å²) in [6.07, 6.45) is 2.62. The number of pyridine rings is 1. The van der Waals surface area contributed by atoms with Crippen molar-refractivity contribution in [3.8, 4) is 22.3 Å². The van der Waals surface area contributed by atoms with Crippen LogP contribution in [0.1, 0.15) is 0 Å². The van der Waals surface area contributed by atoms with Gasteiger partial charge in [-0.25, -0.2) is 4.98 Å². The quantitative estimate of drug-likeness (QED) is 0.171. The van der Waals surface area contributed by atoms with Crippen LogP contribution in [0.2, 0.25) is 0 Å². The van der Waals surface area contributed by atoms with Crippen LogP contribution in [0, 0.1) is 0 Å². The summed E-state index contributed by atoms with van der Waals surface area (Å²) < 4.78 is 3.44. The standard InChI is InChI=1S/C29H22N4OS2/c1-33(36-26-8-5-15-35-26)22-13-14-25-23(16-22)28-27(20-6-3-2-4-7-20)24(17-30-29(28)32-25)19-9-11-21(12-10-19)31-18-34/h2-18H,1H3,(H,30,32)(H,31,34). The molecule has 7 heteroatoms. The van der Waals surface area contributed by atoms with Gasteiger partial charge >= 0.3 is 0 Å². The van der Waals surface area contributed by atoms with Crippen molar-refractivity contribution in [2.45, 2.75) is 4.21 Å². The highest BCUT2D eigenvalue weighted by Gasteiger charge is 2.18. The van der Waals surface area contributed by atoms with Gasteiger partial charge in [0.25, 0.3) is 0 Å². The molecule has 176 valence electrons. The first-order valence-electron chi connectivity index (χ1n) is 11.5. The second-order valence-electron chi connectivity index (χ2n) is 8.35. The number of carbonyl (C=O) groups excluding carboxylic acids is 1. The molecule has 3 aromatic heterocycles. The molecule has 6 rings (SSSR count). The van der Waals surface area contributed by atoms with Crippen LogP contribution in [0.5, 0.6) is 0 Å². The Hall–Kier alpha value is -4.07. The van der Waals surface area contributed by atoms with Gasteiger partial charge in [0.2, 0.25) is 6.41 Å². The van der Waals surface area contributed by atoms with Crippen LogP contribution in [0.15, 0.2) is 101 Å². The Labute approximate surface area is 216 Å².